The first-order valence-electron chi connectivity index (χ1n) is 8.82. The van der Waals surface area contributed by atoms with Crippen LogP contribution in [0.4, 0.5) is 16.3 Å². The molecule has 0 radical (unpaired) electrons. The lowest BCUT2D eigenvalue weighted by atomic mass is 10.1. The summed E-state index contributed by atoms with van der Waals surface area (Å²) in [4.78, 5) is 23.3. The zero-order chi connectivity index (χ0) is 17.6. The fraction of sp³-hybridized carbons (Fsp3) is 0.421. The molecule has 2 heterocycles. The third-order valence-corrected chi connectivity index (χ3v) is 4.36. The molecule has 1 aliphatic heterocycles. The molecule has 1 saturated heterocycles. The molecule has 1 aromatic heterocycles. The smallest absolute Gasteiger partial charge is 0.319 e. The van der Waals surface area contributed by atoms with E-state index in [0.29, 0.717) is 5.92 Å². The van der Waals surface area contributed by atoms with E-state index in [2.05, 4.69) is 39.3 Å². The number of nitrogens with one attached hydrogen (secondary N) is 2. The first-order valence-corrected chi connectivity index (χ1v) is 8.82. The van der Waals surface area contributed by atoms with E-state index < -0.39 is 0 Å². The second kappa shape index (κ2) is 7.96. The lowest BCUT2D eigenvalue weighted by Gasteiger charge is -2.33. The molecule has 1 aromatic carbocycles. The molecule has 2 amide bonds. The van der Waals surface area contributed by atoms with Crippen LogP contribution in [0.15, 0.2) is 42.6 Å². The number of aromatic nitrogens is 2. The molecule has 6 heteroatoms. The van der Waals surface area contributed by atoms with Gasteiger partial charge < -0.3 is 15.5 Å². The molecule has 6 nitrogen and oxygen atoms in total. The van der Waals surface area contributed by atoms with Gasteiger partial charge in [-0.15, -0.1) is 0 Å². The van der Waals surface area contributed by atoms with E-state index in [4.69, 9.17) is 0 Å². The monoisotopic (exact) mass is 339 g/mol. The number of hydrogen-bond acceptors (Lipinski definition) is 4. The quantitative estimate of drug-likeness (QED) is 0.896. The number of anilines is 2. The van der Waals surface area contributed by atoms with Crippen molar-refractivity contribution in [2.75, 3.05) is 23.3 Å². The maximum absolute atomic E-state index is 12.1. The molecule has 2 aromatic rings. The van der Waals surface area contributed by atoms with Gasteiger partial charge in [0.15, 0.2) is 0 Å². The Kier molecular flexibility index (Phi) is 5.48. The summed E-state index contributed by atoms with van der Waals surface area (Å²) in [7, 11) is 0. The van der Waals surface area contributed by atoms with Crippen LogP contribution in [0.5, 0.6) is 0 Å². The summed E-state index contributed by atoms with van der Waals surface area (Å²) in [5, 5.41) is 5.93. The topological polar surface area (TPSA) is 70.2 Å². The van der Waals surface area contributed by atoms with E-state index in [1.165, 1.54) is 0 Å². The zero-order valence-corrected chi connectivity index (χ0v) is 14.8. The van der Waals surface area contributed by atoms with E-state index in [9.17, 15) is 4.79 Å². The van der Waals surface area contributed by atoms with Crippen LogP contribution in [-0.4, -0.2) is 35.1 Å². The molecule has 2 N–H and O–H groups in total. The van der Waals surface area contributed by atoms with Crippen molar-refractivity contribution in [2.45, 2.75) is 38.6 Å². The summed E-state index contributed by atoms with van der Waals surface area (Å²) in [6.45, 7) is 5.96. The van der Waals surface area contributed by atoms with Gasteiger partial charge in [0.25, 0.3) is 0 Å². The van der Waals surface area contributed by atoms with Gasteiger partial charge in [0.05, 0.1) is 0 Å². The second-order valence-electron chi connectivity index (χ2n) is 6.65. The molecule has 25 heavy (non-hydrogen) atoms. The molecule has 1 fully saturated rings. The molecular weight excluding hydrogens is 314 g/mol. The molecule has 3 rings (SSSR count). The van der Waals surface area contributed by atoms with Crippen LogP contribution in [0, 0.1) is 0 Å². The number of hydrogen-bond donors (Lipinski definition) is 2. The molecular formula is C19H25N5O. The number of nitrogens with zero attached hydrogens (tertiary/aromatic N) is 3. The molecule has 1 aliphatic rings. The maximum atomic E-state index is 12.1. The number of para-hydroxylation sites is 1. The number of piperidine rings is 1. The van der Waals surface area contributed by atoms with Crippen molar-refractivity contribution < 1.29 is 4.79 Å². The minimum atomic E-state index is -0.145. The second-order valence-corrected chi connectivity index (χ2v) is 6.65. The molecule has 0 aliphatic carbocycles. The maximum Gasteiger partial charge on any atom is 0.319 e. The van der Waals surface area contributed by atoms with Crippen LogP contribution < -0.4 is 15.5 Å². The van der Waals surface area contributed by atoms with Crippen LogP contribution in [0.3, 0.4) is 0 Å². The first-order chi connectivity index (χ1) is 12.1. The number of carbonyl (C=O) groups is 1. The summed E-state index contributed by atoms with van der Waals surface area (Å²) in [6, 6.07) is 11.5. The predicted octanol–water partition coefficient (Wildman–Crippen LogP) is 3.39. The average Bonchev–Trinajstić information content (AvgIpc) is 2.63. The highest BCUT2D eigenvalue weighted by molar-refractivity contribution is 5.89. The summed E-state index contributed by atoms with van der Waals surface area (Å²) in [5.74, 6) is 2.17. The molecule has 0 unspecified atom stereocenters. The Balaban J connectivity index is 1.50. The van der Waals surface area contributed by atoms with Crippen LogP contribution in [0.2, 0.25) is 0 Å². The van der Waals surface area contributed by atoms with Gasteiger partial charge in [0.2, 0.25) is 0 Å². The van der Waals surface area contributed by atoms with Crippen LogP contribution >= 0.6 is 0 Å². The minimum Gasteiger partial charge on any atom is -0.356 e. The number of amides is 2. The van der Waals surface area contributed by atoms with Gasteiger partial charge in [-0.1, -0.05) is 32.0 Å². The number of carbonyl (C=O) groups excluding carboxylic acids is 1. The van der Waals surface area contributed by atoms with Gasteiger partial charge in [0, 0.05) is 36.9 Å². The van der Waals surface area contributed by atoms with Crippen molar-refractivity contribution in [1.29, 1.82) is 0 Å². The number of rotatable bonds is 4. The standard InChI is InChI=1S/C19H25N5O/c1-14(2)18-20-11-8-17(23-18)24-12-9-16(10-13-24)22-19(25)21-15-6-4-3-5-7-15/h3-8,11,14,16H,9-10,12-13H2,1-2H3,(H2,21,22,25). The van der Waals surface area contributed by atoms with E-state index >= 15 is 0 Å². The van der Waals surface area contributed by atoms with Crippen molar-refractivity contribution >= 4 is 17.5 Å². The molecule has 0 bridgehead atoms. The van der Waals surface area contributed by atoms with Gasteiger partial charge in [0.1, 0.15) is 11.6 Å². The molecule has 0 saturated carbocycles. The van der Waals surface area contributed by atoms with Gasteiger partial charge in [-0.3, -0.25) is 0 Å². The van der Waals surface area contributed by atoms with Gasteiger partial charge >= 0.3 is 6.03 Å². The van der Waals surface area contributed by atoms with Gasteiger partial charge in [-0.2, -0.15) is 0 Å². The number of urea groups is 1. The summed E-state index contributed by atoms with van der Waals surface area (Å²) < 4.78 is 0. The Bertz CT molecular complexity index is 696. The fourth-order valence-electron chi connectivity index (χ4n) is 2.95. The Labute approximate surface area is 148 Å². The van der Waals surface area contributed by atoms with E-state index in [-0.39, 0.29) is 12.1 Å². The minimum absolute atomic E-state index is 0.145. The van der Waals surface area contributed by atoms with E-state index in [1.54, 1.807) is 0 Å². The highest BCUT2D eigenvalue weighted by Gasteiger charge is 2.22. The zero-order valence-electron chi connectivity index (χ0n) is 14.8. The van der Waals surface area contributed by atoms with E-state index in [1.807, 2.05) is 42.6 Å². The lowest BCUT2D eigenvalue weighted by Crippen LogP contribution is -2.46. The molecule has 0 atom stereocenters. The first kappa shape index (κ1) is 17.2. The fourth-order valence-corrected chi connectivity index (χ4v) is 2.95. The van der Waals surface area contributed by atoms with Crippen molar-refractivity contribution in [1.82, 2.24) is 15.3 Å². The Morgan fingerprint density at radius 2 is 1.88 bits per heavy atom. The molecule has 132 valence electrons. The summed E-state index contributed by atoms with van der Waals surface area (Å²) >= 11 is 0. The van der Waals surface area contributed by atoms with Crippen LogP contribution in [0.25, 0.3) is 0 Å². The van der Waals surface area contributed by atoms with Crippen LogP contribution in [0.1, 0.15) is 38.4 Å². The normalized spacial score (nSPS) is 15.2. The highest BCUT2D eigenvalue weighted by atomic mass is 16.2. The Morgan fingerprint density at radius 1 is 1.16 bits per heavy atom. The van der Waals surface area contributed by atoms with Crippen molar-refractivity contribution in [3.8, 4) is 0 Å². The third-order valence-electron chi connectivity index (χ3n) is 4.36. The van der Waals surface area contributed by atoms with Crippen molar-refractivity contribution in [3.05, 3.63) is 48.4 Å². The third kappa shape index (κ3) is 4.68. The van der Waals surface area contributed by atoms with Crippen molar-refractivity contribution in [2.24, 2.45) is 0 Å². The van der Waals surface area contributed by atoms with Gasteiger partial charge in [-0.25, -0.2) is 14.8 Å². The summed E-state index contributed by atoms with van der Waals surface area (Å²) in [6.07, 6.45) is 3.64. The number of benzene rings is 1. The predicted molar refractivity (Wildman–Crippen MR) is 100.0 cm³/mol. The van der Waals surface area contributed by atoms with Crippen molar-refractivity contribution in [3.63, 3.8) is 0 Å². The largest absolute Gasteiger partial charge is 0.356 e. The van der Waals surface area contributed by atoms with Crippen LogP contribution in [-0.2, 0) is 0 Å². The Morgan fingerprint density at radius 3 is 2.56 bits per heavy atom. The summed E-state index contributed by atoms with van der Waals surface area (Å²) in [5.41, 5.74) is 0.805. The SMILES string of the molecule is CC(C)c1nccc(N2CCC(NC(=O)Nc3ccccc3)CC2)n1. The Hall–Kier alpha value is -2.63. The van der Waals surface area contributed by atoms with Gasteiger partial charge in [-0.05, 0) is 31.0 Å². The van der Waals surface area contributed by atoms with E-state index in [0.717, 1.165) is 43.3 Å². The molecule has 0 spiro atoms. The average molecular weight is 339 g/mol. The highest BCUT2D eigenvalue weighted by Crippen LogP contribution is 2.19. The lowest BCUT2D eigenvalue weighted by molar-refractivity contribution is 0.246.